The van der Waals surface area contributed by atoms with Gasteiger partial charge in [-0.15, -0.1) is 11.8 Å². The molecule has 0 aliphatic carbocycles. The predicted octanol–water partition coefficient (Wildman–Crippen LogP) is 1.94. The van der Waals surface area contributed by atoms with Gasteiger partial charge in [0, 0.05) is 18.2 Å². The van der Waals surface area contributed by atoms with E-state index < -0.39 is 29.9 Å². The van der Waals surface area contributed by atoms with Crippen molar-refractivity contribution in [1.82, 2.24) is 4.90 Å². The molecule has 1 aromatic rings. The number of fused-ring (bicyclic) bond motifs is 1. The van der Waals surface area contributed by atoms with E-state index in [0.29, 0.717) is 11.3 Å². The molecule has 29 heavy (non-hydrogen) atoms. The van der Waals surface area contributed by atoms with E-state index in [-0.39, 0.29) is 30.0 Å². The Morgan fingerprint density at radius 1 is 1.28 bits per heavy atom. The molecule has 0 radical (unpaired) electrons. The van der Waals surface area contributed by atoms with Crippen LogP contribution in [0.2, 0.25) is 0 Å². The van der Waals surface area contributed by atoms with Gasteiger partial charge in [0.05, 0.1) is 17.7 Å². The zero-order valence-electron chi connectivity index (χ0n) is 16.0. The van der Waals surface area contributed by atoms with E-state index in [9.17, 15) is 24.3 Å². The summed E-state index contributed by atoms with van der Waals surface area (Å²) in [7, 11) is 0. The summed E-state index contributed by atoms with van der Waals surface area (Å²) < 4.78 is 10.3. The molecule has 3 rings (SSSR count). The van der Waals surface area contributed by atoms with Gasteiger partial charge in [0.1, 0.15) is 18.4 Å². The maximum Gasteiger partial charge on any atom is 0.353 e. The van der Waals surface area contributed by atoms with E-state index in [1.807, 2.05) is 30.3 Å². The van der Waals surface area contributed by atoms with Crippen LogP contribution >= 0.6 is 11.8 Å². The highest BCUT2D eigenvalue weighted by molar-refractivity contribution is 8.03. The van der Waals surface area contributed by atoms with Crippen LogP contribution in [0.1, 0.15) is 25.8 Å². The zero-order valence-corrected chi connectivity index (χ0v) is 16.8. The number of carbonyl (C=O) groups excluding carboxylic acids is 3. The number of esters is 2. The Kier molecular flexibility index (Phi) is 6.26. The summed E-state index contributed by atoms with van der Waals surface area (Å²) in [4.78, 5) is 49.0. The minimum atomic E-state index is -1.22. The van der Waals surface area contributed by atoms with E-state index in [1.165, 1.54) is 11.8 Å². The van der Waals surface area contributed by atoms with Crippen LogP contribution in [0.5, 0.6) is 0 Å². The molecule has 9 heteroatoms. The SMILES string of the molecule is CC(=O)OC(C)C1C(=O)N2C(C(=O)O)=C(SCC(=O)OCc3ccccc3)C[C@H]12. The smallest absolute Gasteiger partial charge is 0.353 e. The monoisotopic (exact) mass is 419 g/mol. The molecule has 0 aromatic heterocycles. The molecule has 1 saturated heterocycles. The third-order valence-electron chi connectivity index (χ3n) is 4.84. The Balaban J connectivity index is 1.60. The van der Waals surface area contributed by atoms with Gasteiger partial charge in [-0.05, 0) is 12.5 Å². The second kappa shape index (κ2) is 8.69. The number of rotatable bonds is 8. The fourth-order valence-electron chi connectivity index (χ4n) is 3.61. The number of carboxylic acids is 1. The maximum atomic E-state index is 12.5. The maximum absolute atomic E-state index is 12.5. The van der Waals surface area contributed by atoms with Crippen LogP contribution in [0.15, 0.2) is 40.9 Å². The van der Waals surface area contributed by atoms with Crippen molar-refractivity contribution in [2.24, 2.45) is 5.92 Å². The Morgan fingerprint density at radius 2 is 1.97 bits per heavy atom. The number of carbonyl (C=O) groups is 4. The molecule has 0 spiro atoms. The molecule has 2 aliphatic rings. The summed E-state index contributed by atoms with van der Waals surface area (Å²) in [6.45, 7) is 3.02. The van der Waals surface area contributed by atoms with Crippen molar-refractivity contribution in [3.63, 3.8) is 0 Å². The quantitative estimate of drug-likeness (QED) is 0.503. The standard InChI is InChI=1S/C20H21NO7S/c1-11(28-12(2)22)17-14-8-15(18(20(25)26)21(14)19(17)24)29-10-16(23)27-9-13-6-4-3-5-7-13/h3-7,11,14,17H,8-10H2,1-2H3,(H,25,26)/t11?,14-,17?/m1/s1. The first-order valence-corrected chi connectivity index (χ1v) is 10.1. The van der Waals surface area contributed by atoms with Crippen LogP contribution in [-0.2, 0) is 35.3 Å². The lowest BCUT2D eigenvalue weighted by Crippen LogP contribution is -2.62. The molecule has 3 atom stereocenters. The molecule has 2 unspecified atom stereocenters. The summed E-state index contributed by atoms with van der Waals surface area (Å²) in [5, 5.41) is 9.54. The molecule has 1 N–H and O–H groups in total. The Labute approximate surface area is 171 Å². The Bertz CT molecular complexity index is 867. The lowest BCUT2D eigenvalue weighted by molar-refractivity contribution is -0.169. The van der Waals surface area contributed by atoms with Crippen molar-refractivity contribution in [1.29, 1.82) is 0 Å². The first-order chi connectivity index (χ1) is 13.8. The minimum absolute atomic E-state index is 0.0577. The van der Waals surface area contributed by atoms with E-state index >= 15 is 0 Å². The molecule has 1 aromatic carbocycles. The fourth-order valence-corrected chi connectivity index (χ4v) is 4.59. The fraction of sp³-hybridized carbons (Fsp3) is 0.400. The van der Waals surface area contributed by atoms with E-state index in [4.69, 9.17) is 9.47 Å². The Morgan fingerprint density at radius 3 is 2.59 bits per heavy atom. The number of benzene rings is 1. The van der Waals surface area contributed by atoms with Crippen LogP contribution in [0, 0.1) is 5.92 Å². The molecule has 0 bridgehead atoms. The first kappa shape index (κ1) is 20.9. The van der Waals surface area contributed by atoms with Gasteiger partial charge in [-0.25, -0.2) is 4.79 Å². The van der Waals surface area contributed by atoms with Crippen LogP contribution in [0.25, 0.3) is 0 Å². The van der Waals surface area contributed by atoms with Crippen molar-refractivity contribution in [2.45, 2.75) is 39.0 Å². The van der Waals surface area contributed by atoms with Gasteiger partial charge in [0.25, 0.3) is 0 Å². The third-order valence-corrected chi connectivity index (χ3v) is 5.92. The van der Waals surface area contributed by atoms with Crippen LogP contribution in [0.3, 0.4) is 0 Å². The predicted molar refractivity (Wildman–Crippen MR) is 103 cm³/mol. The molecule has 154 valence electrons. The molecule has 1 amide bonds. The summed E-state index contributed by atoms with van der Waals surface area (Å²) >= 11 is 1.06. The van der Waals surface area contributed by atoms with Gasteiger partial charge < -0.3 is 19.5 Å². The van der Waals surface area contributed by atoms with Gasteiger partial charge in [-0.2, -0.15) is 0 Å². The lowest BCUT2D eigenvalue weighted by atomic mass is 9.83. The molecule has 1 fully saturated rings. The van der Waals surface area contributed by atoms with Crippen LogP contribution in [0.4, 0.5) is 0 Å². The lowest BCUT2D eigenvalue weighted by Gasteiger charge is -2.45. The number of nitrogens with zero attached hydrogens (tertiary/aromatic N) is 1. The number of amides is 1. The van der Waals surface area contributed by atoms with Gasteiger partial charge in [-0.3, -0.25) is 14.4 Å². The number of ether oxygens (including phenoxy) is 2. The zero-order chi connectivity index (χ0) is 21.1. The molecule has 2 heterocycles. The van der Waals surface area contributed by atoms with Crippen molar-refractivity contribution in [2.75, 3.05) is 5.75 Å². The number of β-lactam (4-membered cyclic amide) rings is 1. The second-order valence-corrected chi connectivity index (χ2v) is 7.90. The Hall–Kier alpha value is -2.81. The van der Waals surface area contributed by atoms with Gasteiger partial charge in [0.15, 0.2) is 0 Å². The molecule has 2 aliphatic heterocycles. The summed E-state index contributed by atoms with van der Waals surface area (Å²) in [5.41, 5.74) is 0.751. The second-order valence-electron chi connectivity index (χ2n) is 6.83. The largest absolute Gasteiger partial charge is 0.477 e. The number of thioether (sulfide) groups is 1. The average Bonchev–Trinajstić information content (AvgIpc) is 2.99. The molecule has 8 nitrogen and oxygen atoms in total. The highest BCUT2D eigenvalue weighted by atomic mass is 32.2. The topological polar surface area (TPSA) is 110 Å². The van der Waals surface area contributed by atoms with E-state index in [1.54, 1.807) is 6.92 Å². The summed E-state index contributed by atoms with van der Waals surface area (Å²) in [5.74, 6) is -3.22. The molecular formula is C20H21NO7S. The van der Waals surface area contributed by atoms with Gasteiger partial charge in [-0.1, -0.05) is 30.3 Å². The number of carboxylic acid groups (broad SMARTS) is 1. The highest BCUT2D eigenvalue weighted by Crippen LogP contribution is 2.47. The molecular weight excluding hydrogens is 398 g/mol. The van der Waals surface area contributed by atoms with Crippen LogP contribution < -0.4 is 0 Å². The van der Waals surface area contributed by atoms with Crippen molar-refractivity contribution >= 4 is 35.6 Å². The molecule has 0 saturated carbocycles. The van der Waals surface area contributed by atoms with Crippen molar-refractivity contribution in [3.05, 3.63) is 46.5 Å². The van der Waals surface area contributed by atoms with Crippen LogP contribution in [-0.4, -0.2) is 51.7 Å². The normalized spacial score (nSPS) is 21.3. The van der Waals surface area contributed by atoms with E-state index in [2.05, 4.69) is 0 Å². The number of hydrogen-bond acceptors (Lipinski definition) is 7. The van der Waals surface area contributed by atoms with Gasteiger partial charge in [0.2, 0.25) is 5.91 Å². The van der Waals surface area contributed by atoms with Crippen molar-refractivity contribution < 1.29 is 33.8 Å². The highest BCUT2D eigenvalue weighted by Gasteiger charge is 2.57. The number of hydrogen-bond donors (Lipinski definition) is 1. The van der Waals surface area contributed by atoms with Gasteiger partial charge >= 0.3 is 17.9 Å². The van der Waals surface area contributed by atoms with Crippen molar-refractivity contribution in [3.8, 4) is 0 Å². The minimum Gasteiger partial charge on any atom is -0.477 e. The van der Waals surface area contributed by atoms with E-state index in [0.717, 1.165) is 17.3 Å². The summed E-state index contributed by atoms with van der Waals surface area (Å²) in [6, 6.07) is 8.84. The number of aliphatic carboxylic acids is 1. The first-order valence-electron chi connectivity index (χ1n) is 9.08. The average molecular weight is 419 g/mol. The summed E-state index contributed by atoms with van der Waals surface area (Å²) in [6.07, 6.45) is -0.336. The third kappa shape index (κ3) is 4.45.